The summed E-state index contributed by atoms with van der Waals surface area (Å²) in [5.41, 5.74) is 0.742. The summed E-state index contributed by atoms with van der Waals surface area (Å²) in [6, 6.07) is 6.61. The molecular formula is C9H5BrO2. The van der Waals surface area contributed by atoms with E-state index < -0.39 is 5.97 Å². The smallest absolute Gasteiger partial charge is 0.336 e. The number of benzene rings is 1. The lowest BCUT2D eigenvalue weighted by Gasteiger charge is -1.95. The fourth-order valence-corrected chi connectivity index (χ4v) is 1.04. The van der Waals surface area contributed by atoms with Crippen LogP contribution in [-0.2, 0) is 0 Å². The lowest BCUT2D eigenvalue weighted by molar-refractivity contribution is 0.0696. The first kappa shape index (κ1) is 8.82. The second kappa shape index (κ2) is 3.93. The summed E-state index contributed by atoms with van der Waals surface area (Å²) in [6.07, 6.45) is 0. The van der Waals surface area contributed by atoms with Crippen molar-refractivity contribution in [3.63, 3.8) is 0 Å². The standard InChI is InChI=1S/C9H5BrO2/c10-6-5-7-3-1-2-4-8(7)9(11)12/h1-4H,(H,11,12). The molecule has 0 unspecified atom stereocenters. The van der Waals surface area contributed by atoms with E-state index in [9.17, 15) is 4.79 Å². The molecule has 1 N–H and O–H groups in total. The van der Waals surface area contributed by atoms with E-state index >= 15 is 0 Å². The lowest BCUT2D eigenvalue weighted by Crippen LogP contribution is -1.98. The Kier molecular flexibility index (Phi) is 2.89. The van der Waals surface area contributed by atoms with Crippen molar-refractivity contribution in [1.29, 1.82) is 0 Å². The van der Waals surface area contributed by atoms with Crippen LogP contribution in [0.4, 0.5) is 0 Å². The number of rotatable bonds is 1. The number of carboxylic acids is 1. The molecule has 60 valence electrons. The molecule has 0 amide bonds. The Labute approximate surface area is 78.3 Å². The quantitative estimate of drug-likeness (QED) is 0.743. The molecule has 0 aliphatic rings. The summed E-state index contributed by atoms with van der Waals surface area (Å²) in [4.78, 5) is 13.1. The minimum absolute atomic E-state index is 0.226. The molecule has 1 rings (SSSR count). The minimum atomic E-state index is -0.958. The first-order valence-corrected chi connectivity index (χ1v) is 3.99. The molecule has 1 aromatic carbocycles. The summed E-state index contributed by atoms with van der Waals surface area (Å²) >= 11 is 2.92. The second-order valence-electron chi connectivity index (χ2n) is 2.07. The number of carboxylic acid groups (broad SMARTS) is 1. The average molecular weight is 225 g/mol. The van der Waals surface area contributed by atoms with E-state index in [1.807, 2.05) is 0 Å². The third-order valence-corrected chi connectivity index (χ3v) is 1.54. The fourth-order valence-electron chi connectivity index (χ4n) is 0.830. The highest BCUT2D eigenvalue weighted by Gasteiger charge is 2.05. The first-order chi connectivity index (χ1) is 5.75. The molecule has 0 atom stereocenters. The van der Waals surface area contributed by atoms with Crippen molar-refractivity contribution in [2.24, 2.45) is 0 Å². The molecule has 0 aliphatic heterocycles. The molecule has 0 saturated carbocycles. The molecule has 0 spiro atoms. The van der Waals surface area contributed by atoms with Gasteiger partial charge in [0.15, 0.2) is 0 Å². The third kappa shape index (κ3) is 1.86. The Bertz CT molecular complexity index is 360. The molecule has 0 bridgehead atoms. The maximum Gasteiger partial charge on any atom is 0.336 e. The Hall–Kier alpha value is -1.27. The van der Waals surface area contributed by atoms with E-state index in [4.69, 9.17) is 5.11 Å². The number of hydrogen-bond acceptors (Lipinski definition) is 1. The monoisotopic (exact) mass is 224 g/mol. The van der Waals surface area contributed by atoms with Crippen LogP contribution in [0.15, 0.2) is 24.3 Å². The lowest BCUT2D eigenvalue weighted by atomic mass is 10.1. The zero-order valence-electron chi connectivity index (χ0n) is 6.04. The van der Waals surface area contributed by atoms with E-state index in [1.165, 1.54) is 6.07 Å². The Morgan fingerprint density at radius 2 is 2.08 bits per heavy atom. The van der Waals surface area contributed by atoms with Crippen LogP contribution in [0.1, 0.15) is 15.9 Å². The van der Waals surface area contributed by atoms with Crippen molar-refractivity contribution < 1.29 is 9.90 Å². The van der Waals surface area contributed by atoms with Gasteiger partial charge in [-0.05, 0) is 17.0 Å². The normalized spacial score (nSPS) is 8.42. The van der Waals surface area contributed by atoms with Crippen molar-refractivity contribution in [2.45, 2.75) is 0 Å². The van der Waals surface area contributed by atoms with Gasteiger partial charge in [-0.15, -0.1) is 0 Å². The van der Waals surface area contributed by atoms with Gasteiger partial charge in [0.1, 0.15) is 0 Å². The van der Waals surface area contributed by atoms with E-state index in [-0.39, 0.29) is 5.56 Å². The molecule has 1 aromatic rings. The molecule has 0 radical (unpaired) electrons. The summed E-state index contributed by atoms with van der Waals surface area (Å²) in [5.74, 6) is 1.69. The number of aromatic carboxylic acids is 1. The van der Waals surface area contributed by atoms with Gasteiger partial charge in [-0.25, -0.2) is 4.79 Å². The molecule has 0 heterocycles. The second-order valence-corrected chi connectivity index (χ2v) is 2.47. The maximum absolute atomic E-state index is 10.6. The largest absolute Gasteiger partial charge is 0.478 e. The van der Waals surface area contributed by atoms with Crippen LogP contribution in [0.25, 0.3) is 0 Å². The molecule has 0 fully saturated rings. The molecule has 0 aromatic heterocycles. The van der Waals surface area contributed by atoms with Crippen LogP contribution in [-0.4, -0.2) is 11.1 Å². The fraction of sp³-hybridized carbons (Fsp3) is 0. The summed E-state index contributed by atoms with van der Waals surface area (Å²) < 4.78 is 0. The van der Waals surface area contributed by atoms with Crippen LogP contribution in [0.2, 0.25) is 0 Å². The summed E-state index contributed by atoms with van der Waals surface area (Å²) in [7, 11) is 0. The van der Waals surface area contributed by atoms with Crippen LogP contribution in [0, 0.1) is 10.8 Å². The van der Waals surface area contributed by atoms with E-state index in [0.29, 0.717) is 5.56 Å². The van der Waals surface area contributed by atoms with Crippen molar-refractivity contribution in [3.8, 4) is 10.8 Å². The van der Waals surface area contributed by atoms with Crippen LogP contribution in [0.5, 0.6) is 0 Å². The predicted octanol–water partition coefficient (Wildman–Crippen LogP) is 2.09. The van der Waals surface area contributed by atoms with Crippen molar-refractivity contribution >= 4 is 21.9 Å². The summed E-state index contributed by atoms with van der Waals surface area (Å²) in [6.45, 7) is 0. The SMILES string of the molecule is O=C(O)c1ccccc1C#CBr. The van der Waals surface area contributed by atoms with Gasteiger partial charge in [-0.3, -0.25) is 0 Å². The van der Waals surface area contributed by atoms with Crippen molar-refractivity contribution in [1.82, 2.24) is 0 Å². The van der Waals surface area contributed by atoms with Gasteiger partial charge in [-0.1, -0.05) is 18.1 Å². The third-order valence-electron chi connectivity index (χ3n) is 1.34. The van der Waals surface area contributed by atoms with Gasteiger partial charge in [0.25, 0.3) is 0 Å². The van der Waals surface area contributed by atoms with E-state index in [0.717, 1.165) is 0 Å². The Morgan fingerprint density at radius 3 is 2.67 bits per heavy atom. The van der Waals surface area contributed by atoms with Crippen LogP contribution >= 0.6 is 15.9 Å². The molecular weight excluding hydrogens is 220 g/mol. The van der Waals surface area contributed by atoms with Gasteiger partial charge in [-0.2, -0.15) is 0 Å². The van der Waals surface area contributed by atoms with Crippen molar-refractivity contribution in [3.05, 3.63) is 35.4 Å². The zero-order valence-corrected chi connectivity index (χ0v) is 7.63. The minimum Gasteiger partial charge on any atom is -0.478 e. The highest BCUT2D eigenvalue weighted by atomic mass is 79.9. The topological polar surface area (TPSA) is 37.3 Å². The van der Waals surface area contributed by atoms with Gasteiger partial charge in [0.2, 0.25) is 0 Å². The summed E-state index contributed by atoms with van der Waals surface area (Å²) in [5, 5.41) is 8.71. The highest BCUT2D eigenvalue weighted by Crippen LogP contribution is 2.06. The molecule has 0 aliphatic carbocycles. The van der Waals surface area contributed by atoms with E-state index in [1.54, 1.807) is 18.2 Å². The average Bonchev–Trinajstić information content (AvgIpc) is 2.05. The number of carbonyl (C=O) groups is 1. The van der Waals surface area contributed by atoms with Gasteiger partial charge in [0, 0.05) is 21.5 Å². The van der Waals surface area contributed by atoms with Crippen LogP contribution in [0.3, 0.4) is 0 Å². The zero-order chi connectivity index (χ0) is 8.97. The van der Waals surface area contributed by atoms with Gasteiger partial charge >= 0.3 is 5.97 Å². The van der Waals surface area contributed by atoms with Crippen molar-refractivity contribution in [2.75, 3.05) is 0 Å². The molecule has 0 saturated heterocycles. The maximum atomic E-state index is 10.6. The Morgan fingerprint density at radius 1 is 1.42 bits per heavy atom. The Balaban J connectivity index is 3.23. The molecule has 2 nitrogen and oxygen atoms in total. The number of halogens is 1. The predicted molar refractivity (Wildman–Crippen MR) is 49.2 cm³/mol. The first-order valence-electron chi connectivity index (χ1n) is 3.19. The van der Waals surface area contributed by atoms with E-state index in [2.05, 4.69) is 26.7 Å². The van der Waals surface area contributed by atoms with Crippen LogP contribution < -0.4 is 0 Å². The van der Waals surface area contributed by atoms with Gasteiger partial charge in [0.05, 0.1) is 5.56 Å². The number of hydrogen-bond donors (Lipinski definition) is 1. The molecule has 12 heavy (non-hydrogen) atoms. The van der Waals surface area contributed by atoms with Gasteiger partial charge < -0.3 is 5.11 Å². The highest BCUT2D eigenvalue weighted by molar-refractivity contribution is 9.12. The molecule has 3 heteroatoms.